The van der Waals surface area contributed by atoms with Crippen LogP contribution in [0.1, 0.15) is 40.4 Å². The molecule has 0 unspecified atom stereocenters. The zero-order valence-corrected chi connectivity index (χ0v) is 12.7. The molecule has 0 bridgehead atoms. The number of nitrogens with one attached hydrogen (secondary N) is 1. The Bertz CT molecular complexity index is 700. The maximum Gasteiger partial charge on any atom is 0.340 e. The number of hydrogen-bond donors (Lipinski definition) is 1. The maximum atomic E-state index is 12.1. The van der Waals surface area contributed by atoms with Gasteiger partial charge in [-0.2, -0.15) is 0 Å². The third-order valence-electron chi connectivity index (χ3n) is 3.94. The Kier molecular flexibility index (Phi) is 4.66. The van der Waals surface area contributed by atoms with Crippen molar-refractivity contribution in [3.05, 3.63) is 65.5 Å². The van der Waals surface area contributed by atoms with Crippen LogP contribution in [0.25, 0.3) is 0 Å². The van der Waals surface area contributed by atoms with E-state index < -0.39 is 5.97 Å². The molecule has 23 heavy (non-hydrogen) atoms. The first-order chi connectivity index (χ1) is 11.2. The van der Waals surface area contributed by atoms with Crippen molar-refractivity contribution in [2.75, 3.05) is 6.61 Å². The summed E-state index contributed by atoms with van der Waals surface area (Å²) in [5.41, 5.74) is 2.77. The Morgan fingerprint density at radius 1 is 1.22 bits per heavy atom. The van der Waals surface area contributed by atoms with Gasteiger partial charge in [0.2, 0.25) is 0 Å². The van der Waals surface area contributed by atoms with Crippen molar-refractivity contribution in [1.82, 2.24) is 10.3 Å². The van der Waals surface area contributed by atoms with Gasteiger partial charge < -0.3 is 10.1 Å². The van der Waals surface area contributed by atoms with Gasteiger partial charge in [0.05, 0.1) is 11.6 Å². The van der Waals surface area contributed by atoms with E-state index in [0.717, 1.165) is 24.8 Å². The van der Waals surface area contributed by atoms with E-state index in [-0.39, 0.29) is 18.6 Å². The van der Waals surface area contributed by atoms with Gasteiger partial charge in [-0.05, 0) is 42.5 Å². The normalized spacial score (nSPS) is 16.3. The molecule has 0 radical (unpaired) electrons. The Labute approximate surface area is 134 Å². The number of carbonyl (C=O) groups is 2. The Morgan fingerprint density at radius 2 is 2.09 bits per heavy atom. The Hall–Kier alpha value is -2.69. The van der Waals surface area contributed by atoms with Gasteiger partial charge in [-0.3, -0.25) is 9.78 Å². The monoisotopic (exact) mass is 310 g/mol. The molecule has 1 aromatic heterocycles. The number of ether oxygens (including phenoxy) is 1. The minimum atomic E-state index is -0.544. The molecule has 0 aliphatic heterocycles. The predicted molar refractivity (Wildman–Crippen MR) is 84.8 cm³/mol. The van der Waals surface area contributed by atoms with E-state index in [2.05, 4.69) is 16.4 Å². The van der Waals surface area contributed by atoms with Crippen LogP contribution in [0.5, 0.6) is 0 Å². The number of benzene rings is 1. The first-order valence-electron chi connectivity index (χ1n) is 7.68. The summed E-state index contributed by atoms with van der Waals surface area (Å²) in [5.74, 6) is -0.832. The Balaban J connectivity index is 1.55. The predicted octanol–water partition coefficient (Wildman–Crippen LogP) is 2.43. The summed E-state index contributed by atoms with van der Waals surface area (Å²) in [6.07, 6.45) is 5.97. The minimum absolute atomic E-state index is 0.00968. The molecule has 1 atom stereocenters. The quantitative estimate of drug-likeness (QED) is 0.881. The second kappa shape index (κ2) is 7.05. The topological polar surface area (TPSA) is 68.3 Å². The lowest BCUT2D eigenvalue weighted by atomic mass is 9.88. The third-order valence-corrected chi connectivity index (χ3v) is 3.94. The number of esters is 1. The highest BCUT2D eigenvalue weighted by Gasteiger charge is 2.21. The molecular formula is C18H18N2O3. The summed E-state index contributed by atoms with van der Waals surface area (Å²) in [4.78, 5) is 27.7. The smallest absolute Gasteiger partial charge is 0.340 e. The standard InChI is InChI=1S/C18H18N2O3/c21-17(12-23-18(22)14-7-4-10-19-11-14)20-16-9-3-6-13-5-1-2-8-15(13)16/h1-2,4-5,7-8,10-11,16H,3,6,9,12H2,(H,20,21)/t16-/m0/s1. The van der Waals surface area contributed by atoms with Gasteiger partial charge in [-0.15, -0.1) is 0 Å². The summed E-state index contributed by atoms with van der Waals surface area (Å²) in [7, 11) is 0. The lowest BCUT2D eigenvalue weighted by molar-refractivity contribution is -0.125. The lowest BCUT2D eigenvalue weighted by Gasteiger charge is -2.26. The van der Waals surface area contributed by atoms with E-state index >= 15 is 0 Å². The van der Waals surface area contributed by atoms with Crippen LogP contribution < -0.4 is 5.32 Å². The first-order valence-corrected chi connectivity index (χ1v) is 7.68. The van der Waals surface area contributed by atoms with Gasteiger partial charge in [0, 0.05) is 12.4 Å². The van der Waals surface area contributed by atoms with Crippen LogP contribution in [0, 0.1) is 0 Å². The van der Waals surface area contributed by atoms with Crippen molar-refractivity contribution in [2.24, 2.45) is 0 Å². The fourth-order valence-corrected chi connectivity index (χ4v) is 2.84. The molecule has 118 valence electrons. The maximum absolute atomic E-state index is 12.1. The van der Waals surface area contributed by atoms with Crippen molar-refractivity contribution < 1.29 is 14.3 Å². The number of nitrogens with zero attached hydrogens (tertiary/aromatic N) is 1. The fraction of sp³-hybridized carbons (Fsp3) is 0.278. The van der Waals surface area contributed by atoms with Crippen molar-refractivity contribution in [2.45, 2.75) is 25.3 Å². The molecule has 0 spiro atoms. The molecule has 5 nitrogen and oxygen atoms in total. The highest BCUT2D eigenvalue weighted by Crippen LogP contribution is 2.29. The average molecular weight is 310 g/mol. The molecule has 0 fully saturated rings. The molecule has 1 heterocycles. The van der Waals surface area contributed by atoms with Crippen LogP contribution >= 0.6 is 0 Å². The van der Waals surface area contributed by atoms with Gasteiger partial charge in [-0.25, -0.2) is 4.79 Å². The molecular weight excluding hydrogens is 292 g/mol. The van der Waals surface area contributed by atoms with Crippen molar-refractivity contribution >= 4 is 11.9 Å². The van der Waals surface area contributed by atoms with E-state index in [1.54, 1.807) is 18.3 Å². The highest BCUT2D eigenvalue weighted by atomic mass is 16.5. The van der Waals surface area contributed by atoms with Gasteiger partial charge in [-0.1, -0.05) is 24.3 Å². The Morgan fingerprint density at radius 3 is 2.91 bits per heavy atom. The van der Waals surface area contributed by atoms with Gasteiger partial charge in [0.15, 0.2) is 6.61 Å². The second-order valence-corrected chi connectivity index (χ2v) is 5.53. The molecule has 2 aromatic rings. The minimum Gasteiger partial charge on any atom is -0.452 e. The number of aromatic nitrogens is 1. The zero-order chi connectivity index (χ0) is 16.1. The van der Waals surface area contributed by atoms with E-state index in [9.17, 15) is 9.59 Å². The largest absolute Gasteiger partial charge is 0.452 e. The van der Waals surface area contributed by atoms with E-state index in [1.165, 1.54) is 11.8 Å². The first kappa shape index (κ1) is 15.2. The summed E-state index contributed by atoms with van der Waals surface area (Å²) >= 11 is 0. The van der Waals surface area contributed by atoms with Crippen LogP contribution in [0.3, 0.4) is 0 Å². The second-order valence-electron chi connectivity index (χ2n) is 5.53. The fourth-order valence-electron chi connectivity index (χ4n) is 2.84. The summed E-state index contributed by atoms with van der Waals surface area (Å²) in [6, 6.07) is 11.4. The van der Waals surface area contributed by atoms with Crippen LogP contribution in [0.2, 0.25) is 0 Å². The summed E-state index contributed by atoms with van der Waals surface area (Å²) in [5, 5.41) is 2.95. The summed E-state index contributed by atoms with van der Waals surface area (Å²) < 4.78 is 5.03. The number of amides is 1. The number of pyridine rings is 1. The SMILES string of the molecule is O=C(COC(=O)c1cccnc1)N[C@H]1CCCc2ccccc21. The molecule has 3 rings (SSSR count). The molecule has 1 amide bonds. The molecule has 0 saturated carbocycles. The number of fused-ring (bicyclic) bond motifs is 1. The number of rotatable bonds is 4. The summed E-state index contributed by atoms with van der Waals surface area (Å²) in [6.45, 7) is -0.285. The van der Waals surface area contributed by atoms with Crippen LogP contribution in [0.4, 0.5) is 0 Å². The molecule has 5 heteroatoms. The van der Waals surface area contributed by atoms with Gasteiger partial charge >= 0.3 is 5.97 Å². The van der Waals surface area contributed by atoms with Gasteiger partial charge in [0.25, 0.3) is 5.91 Å². The molecule has 0 saturated heterocycles. The zero-order valence-electron chi connectivity index (χ0n) is 12.7. The van der Waals surface area contributed by atoms with Crippen LogP contribution in [-0.2, 0) is 16.0 Å². The molecule has 1 aromatic carbocycles. The van der Waals surface area contributed by atoms with Crippen molar-refractivity contribution in [3.8, 4) is 0 Å². The van der Waals surface area contributed by atoms with Crippen molar-refractivity contribution in [1.29, 1.82) is 0 Å². The van der Waals surface area contributed by atoms with Gasteiger partial charge in [0.1, 0.15) is 0 Å². The van der Waals surface area contributed by atoms with E-state index in [4.69, 9.17) is 4.74 Å². The van der Waals surface area contributed by atoms with E-state index in [0.29, 0.717) is 5.56 Å². The van der Waals surface area contributed by atoms with Crippen LogP contribution in [-0.4, -0.2) is 23.5 Å². The molecule has 1 N–H and O–H groups in total. The number of hydrogen-bond acceptors (Lipinski definition) is 4. The average Bonchev–Trinajstić information content (AvgIpc) is 2.61. The van der Waals surface area contributed by atoms with Crippen molar-refractivity contribution in [3.63, 3.8) is 0 Å². The molecule has 1 aliphatic carbocycles. The number of aryl methyl sites for hydroxylation is 1. The highest BCUT2D eigenvalue weighted by molar-refractivity contribution is 5.91. The lowest BCUT2D eigenvalue weighted by Crippen LogP contribution is -2.34. The third kappa shape index (κ3) is 3.74. The van der Waals surface area contributed by atoms with Crippen LogP contribution in [0.15, 0.2) is 48.8 Å². The molecule has 1 aliphatic rings. The van der Waals surface area contributed by atoms with E-state index in [1.807, 2.05) is 18.2 Å². The number of carbonyl (C=O) groups excluding carboxylic acids is 2.